The Bertz CT molecular complexity index is 942. The maximum absolute atomic E-state index is 13.3. The van der Waals surface area contributed by atoms with E-state index in [1.165, 1.54) is 17.0 Å². The van der Waals surface area contributed by atoms with Crippen LogP contribution in [-0.4, -0.2) is 29.7 Å². The van der Waals surface area contributed by atoms with Crippen molar-refractivity contribution in [1.29, 1.82) is 0 Å². The van der Waals surface area contributed by atoms with Crippen LogP contribution in [-0.2, 0) is 22.3 Å². The minimum absolute atomic E-state index is 0.0184. The van der Waals surface area contributed by atoms with Crippen LogP contribution < -0.4 is 4.90 Å². The van der Waals surface area contributed by atoms with E-state index in [4.69, 9.17) is 4.74 Å². The number of fused-ring (bicyclic) bond motifs is 1. The Balaban J connectivity index is 1.90. The van der Waals surface area contributed by atoms with Gasteiger partial charge in [-0.05, 0) is 42.3 Å². The maximum Gasteiger partial charge on any atom is 0.416 e. The van der Waals surface area contributed by atoms with Crippen LogP contribution in [0.3, 0.4) is 0 Å². The molecule has 0 spiro atoms. The summed E-state index contributed by atoms with van der Waals surface area (Å²) in [5.41, 5.74) is 0.0792. The molecule has 0 aromatic heterocycles. The molecule has 154 valence electrons. The second-order valence-electron chi connectivity index (χ2n) is 6.80. The Morgan fingerprint density at radius 2 is 1.93 bits per heavy atom. The van der Waals surface area contributed by atoms with Crippen molar-refractivity contribution < 1.29 is 32.6 Å². The summed E-state index contributed by atoms with van der Waals surface area (Å²) in [5.74, 6) is -1.91. The van der Waals surface area contributed by atoms with Crippen molar-refractivity contribution in [3.05, 3.63) is 64.7 Å². The molecule has 0 fully saturated rings. The molecule has 0 bridgehead atoms. The molecule has 0 aliphatic carbocycles. The van der Waals surface area contributed by atoms with Gasteiger partial charge in [-0.25, -0.2) is 4.79 Å². The molecule has 1 amide bonds. The van der Waals surface area contributed by atoms with E-state index in [0.717, 1.165) is 6.07 Å². The summed E-state index contributed by atoms with van der Waals surface area (Å²) in [6, 6.07) is 10.0. The highest BCUT2D eigenvalue weighted by atomic mass is 19.4. The fraction of sp³-hybridized carbons (Fsp3) is 0.333. The van der Waals surface area contributed by atoms with Gasteiger partial charge in [-0.15, -0.1) is 0 Å². The molecule has 1 heterocycles. The molecule has 1 aliphatic heterocycles. The first kappa shape index (κ1) is 20.9. The van der Waals surface area contributed by atoms with Gasteiger partial charge < -0.3 is 14.7 Å². The third kappa shape index (κ3) is 3.98. The first-order chi connectivity index (χ1) is 13.6. The van der Waals surface area contributed by atoms with E-state index < -0.39 is 35.6 Å². The predicted octanol–water partition coefficient (Wildman–Crippen LogP) is 3.89. The predicted molar refractivity (Wildman–Crippen MR) is 99.5 cm³/mol. The molecule has 2 aromatic rings. The van der Waals surface area contributed by atoms with Gasteiger partial charge in [0.1, 0.15) is 0 Å². The van der Waals surface area contributed by atoms with E-state index in [0.29, 0.717) is 11.3 Å². The maximum atomic E-state index is 13.3. The molecule has 29 heavy (non-hydrogen) atoms. The highest BCUT2D eigenvalue weighted by Gasteiger charge is 2.39. The number of carbonyl (C=O) groups excluding carboxylic acids is 2. The van der Waals surface area contributed by atoms with Crippen molar-refractivity contribution in [3.8, 4) is 0 Å². The topological polar surface area (TPSA) is 66.8 Å². The number of rotatable bonds is 5. The van der Waals surface area contributed by atoms with Gasteiger partial charge in [0.2, 0.25) is 0 Å². The third-order valence-electron chi connectivity index (χ3n) is 4.98. The lowest BCUT2D eigenvalue weighted by Gasteiger charge is -2.21. The van der Waals surface area contributed by atoms with Gasteiger partial charge in [-0.1, -0.05) is 25.1 Å². The summed E-state index contributed by atoms with van der Waals surface area (Å²) < 4.78 is 44.7. The summed E-state index contributed by atoms with van der Waals surface area (Å²) in [6.45, 7) is 3.18. The van der Waals surface area contributed by atoms with Gasteiger partial charge in [0.15, 0.2) is 6.10 Å². The Labute approximate surface area is 165 Å². The average molecular weight is 407 g/mol. The van der Waals surface area contributed by atoms with Crippen LogP contribution in [0.25, 0.3) is 0 Å². The molecule has 3 rings (SSSR count). The lowest BCUT2D eigenvalue weighted by atomic mass is 9.95. The number of amides is 1. The van der Waals surface area contributed by atoms with Crippen LogP contribution in [0.15, 0.2) is 42.5 Å². The second kappa shape index (κ2) is 7.87. The van der Waals surface area contributed by atoms with Crippen molar-refractivity contribution in [2.24, 2.45) is 0 Å². The number of aliphatic hydroxyl groups is 1. The molecule has 0 saturated carbocycles. The van der Waals surface area contributed by atoms with Gasteiger partial charge >= 0.3 is 12.1 Å². The Hall–Kier alpha value is -2.87. The SMILES string of the molecule is CCOC(=O)C(O)C(C)c1cccc(N2Cc3c(cccc3C(F)(F)F)C2=O)c1. The molecule has 0 saturated heterocycles. The molecule has 2 atom stereocenters. The molecule has 2 unspecified atom stereocenters. The van der Waals surface area contributed by atoms with Crippen LogP contribution in [0.1, 0.15) is 46.8 Å². The van der Waals surface area contributed by atoms with Gasteiger partial charge in [0, 0.05) is 17.2 Å². The number of hydrogen-bond donors (Lipinski definition) is 1. The van der Waals surface area contributed by atoms with Crippen LogP contribution in [0.5, 0.6) is 0 Å². The van der Waals surface area contributed by atoms with Crippen molar-refractivity contribution in [3.63, 3.8) is 0 Å². The number of nitrogens with zero attached hydrogens (tertiary/aromatic N) is 1. The Morgan fingerprint density at radius 3 is 2.59 bits per heavy atom. The standard InChI is InChI=1S/C21H20F3NO4/c1-3-29-20(28)18(26)12(2)13-6-4-7-14(10-13)25-11-16-15(19(25)27)8-5-9-17(16)21(22,23)24/h4-10,12,18,26H,3,11H2,1-2H3. The number of halogens is 3. The lowest BCUT2D eigenvalue weighted by Crippen LogP contribution is -2.29. The van der Waals surface area contributed by atoms with Crippen molar-refractivity contribution in [2.75, 3.05) is 11.5 Å². The first-order valence-electron chi connectivity index (χ1n) is 9.10. The highest BCUT2D eigenvalue weighted by Crippen LogP contribution is 2.38. The normalized spacial score (nSPS) is 15.8. The number of anilines is 1. The molecule has 5 nitrogen and oxygen atoms in total. The monoisotopic (exact) mass is 407 g/mol. The van der Waals surface area contributed by atoms with Crippen LogP contribution in [0, 0.1) is 0 Å². The second-order valence-corrected chi connectivity index (χ2v) is 6.80. The van der Waals surface area contributed by atoms with Crippen molar-refractivity contribution in [1.82, 2.24) is 0 Å². The summed E-state index contributed by atoms with van der Waals surface area (Å²) in [4.78, 5) is 25.8. The van der Waals surface area contributed by atoms with Gasteiger partial charge in [-0.2, -0.15) is 13.2 Å². The van der Waals surface area contributed by atoms with Gasteiger partial charge in [0.25, 0.3) is 5.91 Å². The fourth-order valence-electron chi connectivity index (χ4n) is 3.40. The fourth-order valence-corrected chi connectivity index (χ4v) is 3.40. The lowest BCUT2D eigenvalue weighted by molar-refractivity contribution is -0.154. The average Bonchev–Trinajstić information content (AvgIpc) is 3.03. The summed E-state index contributed by atoms with van der Waals surface area (Å²) in [7, 11) is 0. The number of esters is 1. The number of hydrogen-bond acceptors (Lipinski definition) is 4. The zero-order chi connectivity index (χ0) is 21.3. The minimum Gasteiger partial charge on any atom is -0.464 e. The zero-order valence-corrected chi connectivity index (χ0v) is 15.9. The largest absolute Gasteiger partial charge is 0.464 e. The summed E-state index contributed by atoms with van der Waals surface area (Å²) >= 11 is 0. The van der Waals surface area contributed by atoms with Crippen LogP contribution >= 0.6 is 0 Å². The van der Waals surface area contributed by atoms with Crippen molar-refractivity contribution in [2.45, 2.75) is 38.6 Å². The molecule has 0 radical (unpaired) electrons. The number of alkyl halides is 3. The molecule has 1 aliphatic rings. The molecule has 2 aromatic carbocycles. The van der Waals surface area contributed by atoms with E-state index in [1.54, 1.807) is 38.1 Å². The Morgan fingerprint density at radius 1 is 1.24 bits per heavy atom. The Kier molecular flexibility index (Phi) is 5.66. The van der Waals surface area contributed by atoms with E-state index in [9.17, 15) is 27.9 Å². The third-order valence-corrected chi connectivity index (χ3v) is 4.98. The molecule has 1 N–H and O–H groups in total. The van der Waals surface area contributed by atoms with E-state index >= 15 is 0 Å². The number of benzene rings is 2. The number of carbonyl (C=O) groups is 2. The molecule has 8 heteroatoms. The van der Waals surface area contributed by atoms with E-state index in [2.05, 4.69) is 0 Å². The number of ether oxygens (including phenoxy) is 1. The quantitative estimate of drug-likeness (QED) is 0.764. The summed E-state index contributed by atoms with van der Waals surface area (Å²) in [6.07, 6.45) is -5.95. The number of aliphatic hydroxyl groups excluding tert-OH is 1. The molecular formula is C21H20F3NO4. The van der Waals surface area contributed by atoms with Gasteiger partial charge in [0.05, 0.1) is 18.7 Å². The smallest absolute Gasteiger partial charge is 0.416 e. The highest BCUT2D eigenvalue weighted by molar-refractivity contribution is 6.10. The van der Waals surface area contributed by atoms with E-state index in [1.807, 2.05) is 0 Å². The molecular weight excluding hydrogens is 387 g/mol. The minimum atomic E-state index is -4.55. The zero-order valence-electron chi connectivity index (χ0n) is 15.9. The van der Waals surface area contributed by atoms with Crippen LogP contribution in [0.2, 0.25) is 0 Å². The first-order valence-corrected chi connectivity index (χ1v) is 9.10. The summed E-state index contributed by atoms with van der Waals surface area (Å²) in [5, 5.41) is 10.2. The van der Waals surface area contributed by atoms with Gasteiger partial charge in [-0.3, -0.25) is 4.79 Å². The van der Waals surface area contributed by atoms with Crippen LogP contribution in [0.4, 0.5) is 18.9 Å². The van der Waals surface area contributed by atoms with Crippen molar-refractivity contribution >= 4 is 17.6 Å². The van der Waals surface area contributed by atoms with E-state index in [-0.39, 0.29) is 24.3 Å².